The van der Waals surface area contributed by atoms with Crippen LogP contribution in [0.5, 0.6) is 0 Å². The minimum atomic E-state index is 0.713. The number of halogens is 1. The van der Waals surface area contributed by atoms with Crippen molar-refractivity contribution in [1.29, 1.82) is 0 Å². The van der Waals surface area contributed by atoms with Gasteiger partial charge in [0.25, 0.3) is 0 Å². The quantitative estimate of drug-likeness (QED) is 0.672. The molecule has 1 fully saturated rings. The zero-order valence-corrected chi connectivity index (χ0v) is 7.86. The van der Waals surface area contributed by atoms with Gasteiger partial charge in [0.15, 0.2) is 0 Å². The van der Waals surface area contributed by atoms with Gasteiger partial charge in [-0.15, -0.1) is 0 Å². The van der Waals surface area contributed by atoms with Gasteiger partial charge in [0.2, 0.25) is 0 Å². The Kier molecular flexibility index (Phi) is 2.01. The molecule has 1 aliphatic rings. The summed E-state index contributed by atoms with van der Waals surface area (Å²) in [6.45, 7) is 0. The largest absolute Gasteiger partial charge is 0.382 e. The first kappa shape index (κ1) is 8.00. The van der Waals surface area contributed by atoms with E-state index in [1.165, 1.54) is 18.5 Å². The molecule has 0 heterocycles. The third kappa shape index (κ3) is 1.75. The molecule has 0 aliphatic heterocycles. The first-order valence-corrected chi connectivity index (χ1v) is 4.66. The first-order chi connectivity index (χ1) is 5.75. The Labute approximate surface area is 78.5 Å². The topological polar surface area (TPSA) is 12.0 Å². The van der Waals surface area contributed by atoms with E-state index < -0.39 is 0 Å². The van der Waals surface area contributed by atoms with E-state index in [4.69, 9.17) is 11.6 Å². The first-order valence-electron chi connectivity index (χ1n) is 4.28. The smallest absolute Gasteiger partial charge is 0.141 e. The molecular weight excluding hydrogens is 168 g/mol. The summed E-state index contributed by atoms with van der Waals surface area (Å²) in [6, 6.07) is 6.79. The molecule has 0 unspecified atom stereocenters. The van der Waals surface area contributed by atoms with Gasteiger partial charge in [0, 0.05) is 16.8 Å². The van der Waals surface area contributed by atoms with Crippen molar-refractivity contribution in [2.75, 3.05) is 5.32 Å². The van der Waals surface area contributed by atoms with Crippen molar-refractivity contribution >= 4 is 30.6 Å². The molecule has 2 rings (SSSR count). The summed E-state index contributed by atoms with van der Waals surface area (Å²) in [6.07, 6.45) is 2.61. The normalized spacial score (nSPS) is 16.1. The zero-order valence-electron chi connectivity index (χ0n) is 7.10. The minimum Gasteiger partial charge on any atom is -0.382 e. The van der Waals surface area contributed by atoms with Gasteiger partial charge < -0.3 is 5.32 Å². The number of benzene rings is 1. The molecule has 1 saturated carbocycles. The summed E-state index contributed by atoms with van der Waals surface area (Å²) in [5.74, 6) is 0. The third-order valence-corrected chi connectivity index (χ3v) is 2.53. The molecule has 3 heteroatoms. The fraction of sp³-hybridized carbons (Fsp3) is 0.333. The Morgan fingerprint density at radius 1 is 1.42 bits per heavy atom. The molecule has 1 aromatic rings. The van der Waals surface area contributed by atoms with Crippen molar-refractivity contribution in [2.24, 2.45) is 0 Å². The number of rotatable bonds is 2. The zero-order chi connectivity index (χ0) is 8.55. The average molecular weight is 179 g/mol. The average Bonchev–Trinajstić information content (AvgIpc) is 2.81. The summed E-state index contributed by atoms with van der Waals surface area (Å²) in [5.41, 5.74) is 2.33. The Morgan fingerprint density at radius 2 is 2.17 bits per heavy atom. The SMILES string of the molecule is Bc1cc(NC2CC2)ccc1Cl. The van der Waals surface area contributed by atoms with Crippen LogP contribution in [0.1, 0.15) is 12.8 Å². The molecule has 1 N–H and O–H groups in total. The van der Waals surface area contributed by atoms with Gasteiger partial charge >= 0.3 is 0 Å². The van der Waals surface area contributed by atoms with Crippen molar-refractivity contribution in [3.63, 3.8) is 0 Å². The van der Waals surface area contributed by atoms with E-state index in [9.17, 15) is 0 Å². The standard InChI is InChI=1S/C9H11BClN/c10-8-5-7(3-4-9(8)11)12-6-1-2-6/h3-6,12H,1-2,10H2. The molecule has 0 atom stereocenters. The number of anilines is 1. The summed E-state index contributed by atoms with van der Waals surface area (Å²) >= 11 is 5.91. The summed E-state index contributed by atoms with van der Waals surface area (Å²) in [7, 11) is 2.03. The van der Waals surface area contributed by atoms with Gasteiger partial charge in [0.05, 0.1) is 0 Å². The minimum absolute atomic E-state index is 0.713. The highest BCUT2D eigenvalue weighted by Gasteiger charge is 2.20. The molecule has 0 bridgehead atoms. The van der Waals surface area contributed by atoms with Gasteiger partial charge in [-0.1, -0.05) is 17.1 Å². The van der Waals surface area contributed by atoms with Crippen molar-refractivity contribution in [1.82, 2.24) is 0 Å². The van der Waals surface area contributed by atoms with Crippen molar-refractivity contribution in [3.05, 3.63) is 23.2 Å². The highest BCUT2D eigenvalue weighted by Crippen LogP contribution is 2.24. The van der Waals surface area contributed by atoms with Gasteiger partial charge in [0.1, 0.15) is 7.85 Å². The van der Waals surface area contributed by atoms with Crippen molar-refractivity contribution in [3.8, 4) is 0 Å². The second-order valence-corrected chi connectivity index (χ2v) is 3.79. The molecule has 0 radical (unpaired) electrons. The molecule has 0 amide bonds. The van der Waals surface area contributed by atoms with Crippen LogP contribution in [0.4, 0.5) is 5.69 Å². The van der Waals surface area contributed by atoms with Crippen LogP contribution in [-0.2, 0) is 0 Å². The van der Waals surface area contributed by atoms with E-state index >= 15 is 0 Å². The molecule has 0 saturated heterocycles. The maximum absolute atomic E-state index is 5.91. The van der Waals surface area contributed by atoms with E-state index in [-0.39, 0.29) is 0 Å². The van der Waals surface area contributed by atoms with E-state index in [2.05, 4.69) is 11.4 Å². The van der Waals surface area contributed by atoms with Gasteiger partial charge in [-0.2, -0.15) is 0 Å². The molecule has 62 valence electrons. The van der Waals surface area contributed by atoms with E-state index in [0.29, 0.717) is 6.04 Å². The van der Waals surface area contributed by atoms with Gasteiger partial charge in [-0.3, -0.25) is 0 Å². The summed E-state index contributed by atoms with van der Waals surface area (Å²) in [5, 5.41) is 4.27. The lowest BCUT2D eigenvalue weighted by Gasteiger charge is -2.05. The maximum atomic E-state index is 5.91. The lowest BCUT2D eigenvalue weighted by molar-refractivity contribution is 1.16. The molecule has 0 aromatic heterocycles. The van der Waals surface area contributed by atoms with Crippen LogP contribution in [0.2, 0.25) is 5.02 Å². The highest BCUT2D eigenvalue weighted by atomic mass is 35.5. The monoisotopic (exact) mass is 179 g/mol. The number of hydrogen-bond donors (Lipinski definition) is 1. The molecule has 0 spiro atoms. The van der Waals surface area contributed by atoms with Crippen LogP contribution in [0.25, 0.3) is 0 Å². The fourth-order valence-corrected chi connectivity index (χ4v) is 1.32. The summed E-state index contributed by atoms with van der Waals surface area (Å²) in [4.78, 5) is 0. The molecule has 1 nitrogen and oxygen atoms in total. The Bertz CT molecular complexity index is 297. The predicted molar refractivity (Wildman–Crippen MR) is 56.3 cm³/mol. The van der Waals surface area contributed by atoms with Gasteiger partial charge in [-0.25, -0.2) is 0 Å². The van der Waals surface area contributed by atoms with Crippen LogP contribution in [0.3, 0.4) is 0 Å². The molecule has 12 heavy (non-hydrogen) atoms. The Balaban J connectivity index is 2.15. The third-order valence-electron chi connectivity index (χ3n) is 2.11. The Hall–Kier alpha value is -0.625. The van der Waals surface area contributed by atoms with Crippen LogP contribution in [-0.4, -0.2) is 13.9 Å². The number of nitrogens with one attached hydrogen (secondary N) is 1. The van der Waals surface area contributed by atoms with E-state index in [0.717, 1.165) is 10.5 Å². The summed E-state index contributed by atoms with van der Waals surface area (Å²) < 4.78 is 0. The number of hydrogen-bond acceptors (Lipinski definition) is 1. The molecular formula is C9H11BClN. The van der Waals surface area contributed by atoms with Crippen molar-refractivity contribution < 1.29 is 0 Å². The van der Waals surface area contributed by atoms with E-state index in [1.54, 1.807) is 0 Å². The second kappa shape index (κ2) is 3.02. The lowest BCUT2D eigenvalue weighted by atomic mass is 9.96. The van der Waals surface area contributed by atoms with Crippen LogP contribution in [0, 0.1) is 0 Å². The second-order valence-electron chi connectivity index (χ2n) is 3.38. The lowest BCUT2D eigenvalue weighted by Crippen LogP contribution is -2.08. The van der Waals surface area contributed by atoms with Crippen molar-refractivity contribution in [2.45, 2.75) is 18.9 Å². The maximum Gasteiger partial charge on any atom is 0.141 e. The van der Waals surface area contributed by atoms with E-state index in [1.807, 2.05) is 20.0 Å². The van der Waals surface area contributed by atoms with Crippen LogP contribution in [0.15, 0.2) is 18.2 Å². The predicted octanol–water partition coefficient (Wildman–Crippen LogP) is 1.17. The van der Waals surface area contributed by atoms with Gasteiger partial charge in [-0.05, 0) is 31.0 Å². The fourth-order valence-electron chi connectivity index (χ4n) is 1.20. The molecule has 1 aliphatic carbocycles. The highest BCUT2D eigenvalue weighted by molar-refractivity contribution is 6.45. The Morgan fingerprint density at radius 3 is 2.75 bits per heavy atom. The molecule has 1 aromatic carbocycles. The van der Waals surface area contributed by atoms with Crippen LogP contribution < -0.4 is 10.8 Å². The van der Waals surface area contributed by atoms with Crippen LogP contribution >= 0.6 is 11.6 Å².